The lowest BCUT2D eigenvalue weighted by molar-refractivity contribution is -0.140. The molecule has 0 fully saturated rings. The van der Waals surface area contributed by atoms with Gasteiger partial charge in [0, 0.05) is 30.0 Å². The van der Waals surface area contributed by atoms with E-state index in [1.165, 1.54) is 4.90 Å². The van der Waals surface area contributed by atoms with Gasteiger partial charge in [0.1, 0.15) is 6.04 Å². The van der Waals surface area contributed by atoms with Crippen LogP contribution >= 0.6 is 15.9 Å². The van der Waals surface area contributed by atoms with E-state index in [2.05, 4.69) is 21.2 Å². The van der Waals surface area contributed by atoms with E-state index >= 15 is 0 Å². The maximum atomic E-state index is 13.2. The summed E-state index contributed by atoms with van der Waals surface area (Å²) < 4.78 is 0.886. The van der Waals surface area contributed by atoms with Gasteiger partial charge in [-0.2, -0.15) is 0 Å². The molecule has 1 aliphatic heterocycles. The Kier molecular flexibility index (Phi) is 8.02. The van der Waals surface area contributed by atoms with Gasteiger partial charge in [-0.15, -0.1) is 0 Å². The van der Waals surface area contributed by atoms with Crippen LogP contribution in [0.1, 0.15) is 59.9 Å². The summed E-state index contributed by atoms with van der Waals surface area (Å²) in [6, 6.07) is 13.6. The van der Waals surface area contributed by atoms with Crippen LogP contribution in [-0.4, -0.2) is 52.1 Å². The predicted molar refractivity (Wildman–Crippen MR) is 128 cm³/mol. The van der Waals surface area contributed by atoms with Crippen molar-refractivity contribution in [2.24, 2.45) is 0 Å². The lowest BCUT2D eigenvalue weighted by atomic mass is 10.1. The lowest BCUT2D eigenvalue weighted by Gasteiger charge is -2.29. The third-order valence-electron chi connectivity index (χ3n) is 5.49. The molecule has 1 aliphatic rings. The van der Waals surface area contributed by atoms with Crippen molar-refractivity contribution in [1.82, 2.24) is 15.1 Å². The summed E-state index contributed by atoms with van der Waals surface area (Å²) >= 11 is 3.44. The fourth-order valence-electron chi connectivity index (χ4n) is 3.79. The summed E-state index contributed by atoms with van der Waals surface area (Å²) in [5, 5.41) is 2.86. The summed E-state index contributed by atoms with van der Waals surface area (Å²) in [5.74, 6) is -1.11. The number of carbonyl (C=O) groups is 4. The molecule has 0 radical (unpaired) electrons. The van der Waals surface area contributed by atoms with Gasteiger partial charge in [-0.05, 0) is 57.0 Å². The first-order valence-corrected chi connectivity index (χ1v) is 11.8. The zero-order valence-corrected chi connectivity index (χ0v) is 20.6. The number of hydrogen-bond acceptors (Lipinski definition) is 4. The van der Waals surface area contributed by atoms with Crippen LogP contribution in [-0.2, 0) is 16.1 Å². The average Bonchev–Trinajstić information content (AvgIpc) is 3.01. The van der Waals surface area contributed by atoms with Gasteiger partial charge in [-0.25, -0.2) is 0 Å². The maximum Gasteiger partial charge on any atom is 0.261 e. The first kappa shape index (κ1) is 24.6. The van der Waals surface area contributed by atoms with Crippen molar-refractivity contribution >= 4 is 39.6 Å². The van der Waals surface area contributed by atoms with Crippen molar-refractivity contribution in [1.29, 1.82) is 0 Å². The van der Waals surface area contributed by atoms with Crippen LogP contribution in [0.25, 0.3) is 0 Å². The third kappa shape index (κ3) is 5.87. The Labute approximate surface area is 202 Å². The van der Waals surface area contributed by atoms with E-state index in [0.29, 0.717) is 17.5 Å². The van der Waals surface area contributed by atoms with Gasteiger partial charge in [-0.1, -0.05) is 40.2 Å². The largest absolute Gasteiger partial charge is 0.352 e. The molecule has 2 aromatic carbocycles. The SMILES string of the molecule is CC(C)NC(=O)[C@H](C)N(Cc1cccc(Br)c1)C(=O)CCCN1C(=O)c2ccccc2C1=O. The third-order valence-corrected chi connectivity index (χ3v) is 5.98. The number of amides is 4. The lowest BCUT2D eigenvalue weighted by Crippen LogP contribution is -2.49. The Hall–Kier alpha value is -3.00. The number of carbonyl (C=O) groups excluding carboxylic acids is 4. The van der Waals surface area contributed by atoms with E-state index in [4.69, 9.17) is 0 Å². The van der Waals surface area contributed by atoms with Crippen LogP contribution in [0, 0.1) is 0 Å². The summed E-state index contributed by atoms with van der Waals surface area (Å²) in [5.41, 5.74) is 1.68. The molecule has 0 saturated heterocycles. The molecule has 174 valence electrons. The molecule has 1 atom stereocenters. The van der Waals surface area contributed by atoms with Crippen molar-refractivity contribution < 1.29 is 19.2 Å². The molecule has 0 aromatic heterocycles. The molecule has 1 heterocycles. The second-order valence-electron chi connectivity index (χ2n) is 8.40. The van der Waals surface area contributed by atoms with Gasteiger partial charge >= 0.3 is 0 Å². The second kappa shape index (κ2) is 10.7. The van der Waals surface area contributed by atoms with E-state index in [-0.39, 0.29) is 49.2 Å². The van der Waals surface area contributed by atoms with Crippen molar-refractivity contribution in [3.8, 4) is 0 Å². The minimum atomic E-state index is -0.668. The summed E-state index contributed by atoms with van der Waals surface area (Å²) in [6.45, 7) is 5.87. The Morgan fingerprint density at radius 3 is 2.21 bits per heavy atom. The van der Waals surface area contributed by atoms with Crippen LogP contribution in [0.3, 0.4) is 0 Å². The first-order chi connectivity index (χ1) is 15.7. The Balaban J connectivity index is 1.67. The molecular weight excluding hydrogens is 486 g/mol. The zero-order chi connectivity index (χ0) is 24.1. The summed E-state index contributed by atoms with van der Waals surface area (Å²) in [7, 11) is 0. The molecule has 0 unspecified atom stereocenters. The van der Waals surface area contributed by atoms with Crippen molar-refractivity contribution in [2.45, 2.75) is 52.2 Å². The molecule has 7 nitrogen and oxygen atoms in total. The highest BCUT2D eigenvalue weighted by Gasteiger charge is 2.35. The second-order valence-corrected chi connectivity index (χ2v) is 9.32. The van der Waals surface area contributed by atoms with Crippen LogP contribution in [0.5, 0.6) is 0 Å². The molecule has 0 saturated carbocycles. The van der Waals surface area contributed by atoms with Crippen LogP contribution in [0.2, 0.25) is 0 Å². The monoisotopic (exact) mass is 513 g/mol. The zero-order valence-electron chi connectivity index (χ0n) is 19.0. The molecule has 4 amide bonds. The minimum Gasteiger partial charge on any atom is -0.352 e. The van der Waals surface area contributed by atoms with Gasteiger partial charge in [0.05, 0.1) is 11.1 Å². The van der Waals surface area contributed by atoms with Crippen molar-refractivity contribution in [2.75, 3.05) is 6.54 Å². The van der Waals surface area contributed by atoms with Crippen molar-refractivity contribution in [3.05, 3.63) is 69.7 Å². The Morgan fingerprint density at radius 2 is 1.64 bits per heavy atom. The van der Waals surface area contributed by atoms with E-state index in [1.54, 1.807) is 36.1 Å². The maximum absolute atomic E-state index is 13.2. The molecule has 8 heteroatoms. The first-order valence-electron chi connectivity index (χ1n) is 11.0. The molecule has 0 aliphatic carbocycles. The van der Waals surface area contributed by atoms with Crippen LogP contribution < -0.4 is 5.32 Å². The molecular formula is C25H28BrN3O4. The molecule has 33 heavy (non-hydrogen) atoms. The van der Waals surface area contributed by atoms with Gasteiger partial charge in [0.15, 0.2) is 0 Å². The number of nitrogens with zero attached hydrogens (tertiary/aromatic N) is 2. The molecule has 2 aromatic rings. The molecule has 0 spiro atoms. The molecule has 0 bridgehead atoms. The summed E-state index contributed by atoms with van der Waals surface area (Å²) in [4.78, 5) is 53.6. The molecule has 3 rings (SSSR count). The number of nitrogens with one attached hydrogen (secondary N) is 1. The molecule has 1 N–H and O–H groups in total. The number of hydrogen-bond donors (Lipinski definition) is 1. The fourth-order valence-corrected chi connectivity index (χ4v) is 4.24. The van der Waals surface area contributed by atoms with Crippen LogP contribution in [0.4, 0.5) is 0 Å². The van der Waals surface area contributed by atoms with E-state index in [1.807, 2.05) is 38.1 Å². The quantitative estimate of drug-likeness (QED) is 0.517. The topological polar surface area (TPSA) is 86.8 Å². The number of fused-ring (bicyclic) bond motifs is 1. The number of imide groups is 1. The van der Waals surface area contributed by atoms with E-state index in [9.17, 15) is 19.2 Å². The fraction of sp³-hybridized carbons (Fsp3) is 0.360. The van der Waals surface area contributed by atoms with Crippen molar-refractivity contribution in [3.63, 3.8) is 0 Å². The van der Waals surface area contributed by atoms with Gasteiger partial charge in [-0.3, -0.25) is 24.1 Å². The number of benzene rings is 2. The number of rotatable bonds is 9. The highest BCUT2D eigenvalue weighted by molar-refractivity contribution is 9.10. The predicted octanol–water partition coefficient (Wildman–Crippen LogP) is 3.77. The highest BCUT2D eigenvalue weighted by atomic mass is 79.9. The number of halogens is 1. The summed E-state index contributed by atoms with van der Waals surface area (Å²) in [6.07, 6.45) is 0.429. The smallest absolute Gasteiger partial charge is 0.261 e. The normalized spacial score (nSPS) is 13.8. The average molecular weight is 514 g/mol. The Bertz CT molecular complexity index is 1030. The Morgan fingerprint density at radius 1 is 1.00 bits per heavy atom. The van der Waals surface area contributed by atoms with Gasteiger partial charge in [0.25, 0.3) is 11.8 Å². The standard InChI is InChI=1S/C25H28BrN3O4/c1-16(2)27-23(31)17(3)29(15-18-8-6-9-19(26)14-18)22(30)12-7-13-28-24(32)20-10-4-5-11-21(20)25(28)33/h4-6,8-11,14,16-17H,7,12-13,15H2,1-3H3,(H,27,31)/t17-/m0/s1. The minimum absolute atomic E-state index is 0.0448. The van der Waals surface area contributed by atoms with Gasteiger partial charge in [0.2, 0.25) is 11.8 Å². The van der Waals surface area contributed by atoms with Gasteiger partial charge < -0.3 is 10.2 Å². The van der Waals surface area contributed by atoms with Crippen LogP contribution in [0.15, 0.2) is 53.0 Å². The highest BCUT2D eigenvalue weighted by Crippen LogP contribution is 2.23. The van der Waals surface area contributed by atoms with E-state index in [0.717, 1.165) is 10.0 Å². The van der Waals surface area contributed by atoms with E-state index < -0.39 is 6.04 Å².